The standard InChI is InChI=1S/C18H16BrNO2S/c1-14-6-10-17(11-7-14)23(21,22)20(16-8-9-16)13-12-15-4-2-3-5-18(15)19/h2-7,10-11,16H,8-9H2,1H3. The van der Waals surface area contributed by atoms with Crippen LogP contribution >= 0.6 is 15.9 Å². The first-order valence-electron chi connectivity index (χ1n) is 7.36. The first kappa shape index (κ1) is 16.1. The van der Waals surface area contributed by atoms with Gasteiger partial charge in [-0.05, 0) is 65.9 Å². The number of halogens is 1. The van der Waals surface area contributed by atoms with Crippen LogP contribution in [0.3, 0.4) is 0 Å². The molecule has 0 aromatic heterocycles. The highest BCUT2D eigenvalue weighted by molar-refractivity contribution is 9.10. The van der Waals surface area contributed by atoms with Crippen LogP contribution in [-0.2, 0) is 10.0 Å². The van der Waals surface area contributed by atoms with E-state index in [1.165, 1.54) is 4.31 Å². The zero-order valence-electron chi connectivity index (χ0n) is 12.7. The number of benzene rings is 2. The van der Waals surface area contributed by atoms with Crippen molar-refractivity contribution in [3.63, 3.8) is 0 Å². The molecule has 0 bridgehead atoms. The van der Waals surface area contributed by atoms with Crippen molar-refractivity contribution in [1.82, 2.24) is 4.31 Å². The normalized spacial score (nSPS) is 14.0. The third kappa shape index (κ3) is 3.60. The molecule has 1 saturated carbocycles. The van der Waals surface area contributed by atoms with Crippen LogP contribution in [0.15, 0.2) is 57.9 Å². The Bertz CT molecular complexity index is 875. The number of sulfonamides is 1. The Morgan fingerprint density at radius 2 is 1.74 bits per heavy atom. The second-order valence-corrected chi connectivity index (χ2v) is 8.23. The van der Waals surface area contributed by atoms with Gasteiger partial charge >= 0.3 is 0 Å². The van der Waals surface area contributed by atoms with Gasteiger partial charge in [0, 0.05) is 16.1 Å². The van der Waals surface area contributed by atoms with Crippen LogP contribution in [0.2, 0.25) is 0 Å². The Balaban J connectivity index is 1.97. The summed E-state index contributed by atoms with van der Waals surface area (Å²) in [6, 6.07) is 17.3. The van der Waals surface area contributed by atoms with E-state index in [9.17, 15) is 8.42 Å². The number of rotatable bonds is 3. The molecular weight excluding hydrogens is 374 g/mol. The van der Waals surface area contributed by atoms with Crippen LogP contribution in [-0.4, -0.2) is 18.8 Å². The molecule has 0 aliphatic heterocycles. The second kappa shape index (κ2) is 6.38. The largest absolute Gasteiger partial charge is 0.271 e. The Morgan fingerprint density at radius 3 is 2.35 bits per heavy atom. The van der Waals surface area contributed by atoms with E-state index in [4.69, 9.17) is 0 Å². The van der Waals surface area contributed by atoms with E-state index in [0.29, 0.717) is 0 Å². The van der Waals surface area contributed by atoms with Crippen LogP contribution < -0.4 is 0 Å². The van der Waals surface area contributed by atoms with Gasteiger partial charge in [-0.2, -0.15) is 0 Å². The van der Waals surface area contributed by atoms with Gasteiger partial charge in [-0.3, -0.25) is 0 Å². The summed E-state index contributed by atoms with van der Waals surface area (Å²) in [5.41, 5.74) is 1.80. The van der Waals surface area contributed by atoms with Crippen LogP contribution in [0.1, 0.15) is 24.0 Å². The van der Waals surface area contributed by atoms with Gasteiger partial charge in [-0.1, -0.05) is 29.8 Å². The molecule has 0 unspecified atom stereocenters. The molecule has 23 heavy (non-hydrogen) atoms. The van der Waals surface area contributed by atoms with Crippen molar-refractivity contribution in [2.75, 3.05) is 0 Å². The summed E-state index contributed by atoms with van der Waals surface area (Å²) < 4.78 is 27.9. The fourth-order valence-electron chi connectivity index (χ4n) is 2.16. The minimum absolute atomic E-state index is 0.0173. The highest BCUT2D eigenvalue weighted by Crippen LogP contribution is 2.31. The quantitative estimate of drug-likeness (QED) is 0.589. The molecule has 0 amide bonds. The predicted molar refractivity (Wildman–Crippen MR) is 94.2 cm³/mol. The molecule has 3 rings (SSSR count). The monoisotopic (exact) mass is 389 g/mol. The number of hydrogen-bond acceptors (Lipinski definition) is 2. The zero-order valence-corrected chi connectivity index (χ0v) is 15.1. The molecule has 2 aromatic carbocycles. The van der Waals surface area contributed by atoms with Crippen molar-refractivity contribution >= 4 is 26.0 Å². The number of nitrogens with zero attached hydrogens (tertiary/aromatic N) is 1. The van der Waals surface area contributed by atoms with Crippen LogP contribution in [0.4, 0.5) is 0 Å². The zero-order chi connectivity index (χ0) is 16.4. The van der Waals surface area contributed by atoms with Crippen molar-refractivity contribution in [1.29, 1.82) is 0 Å². The van der Waals surface area contributed by atoms with E-state index in [2.05, 4.69) is 27.9 Å². The van der Waals surface area contributed by atoms with E-state index in [1.807, 2.05) is 31.2 Å². The summed E-state index contributed by atoms with van der Waals surface area (Å²) >= 11 is 3.43. The summed E-state index contributed by atoms with van der Waals surface area (Å²) in [5.74, 6) is 2.97. The van der Waals surface area contributed by atoms with E-state index in [-0.39, 0.29) is 10.9 Å². The van der Waals surface area contributed by atoms with Gasteiger partial charge < -0.3 is 0 Å². The highest BCUT2D eigenvalue weighted by atomic mass is 79.9. The van der Waals surface area contributed by atoms with Gasteiger partial charge in [0.15, 0.2) is 0 Å². The third-order valence-corrected chi connectivity index (χ3v) is 6.10. The van der Waals surface area contributed by atoms with Gasteiger partial charge in [0.1, 0.15) is 0 Å². The van der Waals surface area contributed by atoms with Crippen LogP contribution in [0.25, 0.3) is 0 Å². The fraction of sp³-hybridized carbons (Fsp3) is 0.222. The maximum Gasteiger partial charge on any atom is 0.271 e. The molecule has 0 heterocycles. The molecule has 0 saturated heterocycles. The molecule has 1 aliphatic rings. The van der Waals surface area contributed by atoms with E-state index in [1.54, 1.807) is 24.3 Å². The van der Waals surface area contributed by atoms with Gasteiger partial charge in [-0.25, -0.2) is 12.7 Å². The summed E-state index contributed by atoms with van der Waals surface area (Å²) in [4.78, 5) is 0.288. The minimum Gasteiger partial charge on any atom is -0.221 e. The lowest BCUT2D eigenvalue weighted by Gasteiger charge is -2.17. The summed E-state index contributed by atoms with van der Waals surface area (Å²) in [6.45, 7) is 1.93. The molecular formula is C18H16BrNO2S. The molecule has 3 nitrogen and oxygen atoms in total. The SMILES string of the molecule is Cc1ccc(S(=O)(=O)N(C#Cc2ccccc2Br)C2CC2)cc1. The summed E-state index contributed by atoms with van der Waals surface area (Å²) in [7, 11) is -3.59. The Labute approximate surface area is 145 Å². The molecule has 118 valence electrons. The van der Waals surface area contributed by atoms with E-state index in [0.717, 1.165) is 28.4 Å². The van der Waals surface area contributed by atoms with Gasteiger partial charge in [0.25, 0.3) is 10.0 Å². The third-order valence-electron chi connectivity index (χ3n) is 3.63. The average Bonchev–Trinajstić information content (AvgIpc) is 3.34. The first-order chi connectivity index (χ1) is 11.0. The topological polar surface area (TPSA) is 37.4 Å². The lowest BCUT2D eigenvalue weighted by atomic mass is 10.2. The molecule has 0 radical (unpaired) electrons. The van der Waals surface area contributed by atoms with Crippen molar-refractivity contribution < 1.29 is 8.42 Å². The lowest BCUT2D eigenvalue weighted by Crippen LogP contribution is -2.28. The van der Waals surface area contributed by atoms with Gasteiger partial charge in [0.2, 0.25) is 0 Å². The lowest BCUT2D eigenvalue weighted by molar-refractivity contribution is 0.506. The molecule has 2 aromatic rings. The molecule has 1 fully saturated rings. The Hall–Kier alpha value is -1.77. The first-order valence-corrected chi connectivity index (χ1v) is 9.59. The van der Waals surface area contributed by atoms with Crippen molar-refractivity contribution in [2.45, 2.75) is 30.7 Å². The molecule has 0 N–H and O–H groups in total. The fourth-order valence-corrected chi connectivity index (χ4v) is 4.02. The van der Waals surface area contributed by atoms with Crippen molar-refractivity contribution in [2.24, 2.45) is 0 Å². The van der Waals surface area contributed by atoms with Gasteiger partial charge in [0.05, 0.1) is 10.9 Å². The summed E-state index contributed by atoms with van der Waals surface area (Å²) in [6.07, 6.45) is 1.71. The maximum absolute atomic E-state index is 12.8. The highest BCUT2D eigenvalue weighted by Gasteiger charge is 2.36. The maximum atomic E-state index is 12.8. The second-order valence-electron chi connectivity index (χ2n) is 5.56. The number of hydrogen-bond donors (Lipinski definition) is 0. The summed E-state index contributed by atoms with van der Waals surface area (Å²) in [5, 5.41) is 0. The molecule has 1 aliphatic carbocycles. The van der Waals surface area contributed by atoms with Crippen LogP contribution in [0.5, 0.6) is 0 Å². The van der Waals surface area contributed by atoms with E-state index < -0.39 is 10.0 Å². The number of aryl methyl sites for hydroxylation is 1. The molecule has 0 atom stereocenters. The van der Waals surface area contributed by atoms with Crippen molar-refractivity contribution in [3.8, 4) is 12.0 Å². The molecule has 0 spiro atoms. The smallest absolute Gasteiger partial charge is 0.221 e. The average molecular weight is 390 g/mol. The van der Waals surface area contributed by atoms with E-state index >= 15 is 0 Å². The van der Waals surface area contributed by atoms with Gasteiger partial charge in [-0.15, -0.1) is 0 Å². The Morgan fingerprint density at radius 1 is 1.09 bits per heavy atom. The Kier molecular flexibility index (Phi) is 4.47. The van der Waals surface area contributed by atoms with Crippen LogP contribution in [0, 0.1) is 18.9 Å². The predicted octanol–water partition coefficient (Wildman–Crippen LogP) is 3.92. The molecule has 5 heteroatoms. The minimum atomic E-state index is -3.59. The van der Waals surface area contributed by atoms with Crippen molar-refractivity contribution in [3.05, 3.63) is 64.1 Å².